The van der Waals surface area contributed by atoms with Crippen LogP contribution in [-0.2, 0) is 11.2 Å². The Hall–Kier alpha value is -2.15. The molecule has 0 bridgehead atoms. The third kappa shape index (κ3) is 3.91. The highest BCUT2D eigenvalue weighted by Crippen LogP contribution is 2.18. The lowest BCUT2D eigenvalue weighted by Gasteiger charge is -2.21. The molecule has 1 heterocycles. The number of nitrogens with zero attached hydrogens (tertiary/aromatic N) is 1. The van der Waals surface area contributed by atoms with Gasteiger partial charge in [0.1, 0.15) is 11.9 Å². The Kier molecular flexibility index (Phi) is 4.74. The monoisotopic (exact) mass is 296 g/mol. The number of amides is 2. The van der Waals surface area contributed by atoms with E-state index in [0.29, 0.717) is 13.0 Å². The minimum atomic E-state index is -1.12. The van der Waals surface area contributed by atoms with Gasteiger partial charge in [-0.2, -0.15) is 0 Å². The van der Waals surface area contributed by atoms with Gasteiger partial charge in [-0.25, -0.2) is 14.0 Å². The summed E-state index contributed by atoms with van der Waals surface area (Å²) in [5.41, 5.74) is 0.868. The number of benzene rings is 1. The molecule has 1 fully saturated rings. The molecule has 1 aromatic rings. The van der Waals surface area contributed by atoms with Gasteiger partial charge in [-0.15, -0.1) is 0 Å². The van der Waals surface area contributed by atoms with Crippen LogP contribution in [0.25, 0.3) is 0 Å². The number of carboxylic acids is 1. The Bertz CT molecular complexity index is 520. The number of halogens is 1. The van der Waals surface area contributed by atoms with E-state index < -0.39 is 24.1 Å². The molecule has 2 amide bonds. The van der Waals surface area contributed by atoms with E-state index in [4.69, 9.17) is 5.11 Å². The zero-order valence-electron chi connectivity index (χ0n) is 11.3. The van der Waals surface area contributed by atoms with Gasteiger partial charge >= 0.3 is 12.0 Å². The van der Waals surface area contributed by atoms with Crippen molar-refractivity contribution in [3.63, 3.8) is 0 Å². The number of carboxylic acid groups (broad SMARTS) is 1. The van der Waals surface area contributed by atoms with Crippen LogP contribution < -0.4 is 5.32 Å². The maximum atomic E-state index is 12.7. The molecule has 2 rings (SSSR count). The summed E-state index contributed by atoms with van der Waals surface area (Å²) in [6.45, 7) is 0.322. The van der Waals surface area contributed by atoms with Gasteiger partial charge < -0.3 is 20.4 Å². The van der Waals surface area contributed by atoms with Crippen molar-refractivity contribution in [2.24, 2.45) is 0 Å². The lowest BCUT2D eigenvalue weighted by atomic mass is 10.1. The number of carbonyl (C=O) groups is 2. The molecule has 1 saturated heterocycles. The van der Waals surface area contributed by atoms with E-state index in [1.54, 1.807) is 12.1 Å². The van der Waals surface area contributed by atoms with Gasteiger partial charge in [-0.05, 0) is 24.1 Å². The number of likely N-dealkylation sites (tertiary alicyclic amines) is 1. The lowest BCUT2D eigenvalue weighted by molar-refractivity contribution is -0.141. The number of hydrogen-bond donors (Lipinski definition) is 3. The van der Waals surface area contributed by atoms with Gasteiger partial charge in [0, 0.05) is 19.5 Å². The van der Waals surface area contributed by atoms with Crippen LogP contribution in [0.5, 0.6) is 0 Å². The van der Waals surface area contributed by atoms with Crippen molar-refractivity contribution in [1.82, 2.24) is 10.2 Å². The molecule has 1 aromatic carbocycles. The van der Waals surface area contributed by atoms with Gasteiger partial charge in [0.2, 0.25) is 0 Å². The molecule has 3 N–H and O–H groups in total. The maximum Gasteiger partial charge on any atom is 0.326 e. The first-order chi connectivity index (χ1) is 9.97. The molecule has 1 aliphatic heterocycles. The molecule has 0 aromatic heterocycles. The number of hydrogen-bond acceptors (Lipinski definition) is 3. The Balaban J connectivity index is 1.84. The van der Waals surface area contributed by atoms with Crippen molar-refractivity contribution in [3.05, 3.63) is 35.6 Å². The molecule has 2 atom stereocenters. The molecule has 0 radical (unpaired) electrons. The Morgan fingerprint density at radius 3 is 2.62 bits per heavy atom. The summed E-state index contributed by atoms with van der Waals surface area (Å²) in [5, 5.41) is 21.1. The van der Waals surface area contributed by atoms with E-state index in [0.717, 1.165) is 10.5 Å². The number of rotatable bonds is 4. The van der Waals surface area contributed by atoms with E-state index in [9.17, 15) is 19.1 Å². The molecule has 0 aliphatic carbocycles. The Morgan fingerprint density at radius 2 is 2.00 bits per heavy atom. The quantitative estimate of drug-likeness (QED) is 0.759. The second-order valence-electron chi connectivity index (χ2n) is 5.00. The van der Waals surface area contributed by atoms with Crippen molar-refractivity contribution >= 4 is 12.0 Å². The summed E-state index contributed by atoms with van der Waals surface area (Å²) in [6, 6.07) is 4.43. The first kappa shape index (κ1) is 15.2. The average Bonchev–Trinajstić information content (AvgIpc) is 2.83. The summed E-state index contributed by atoms with van der Waals surface area (Å²) in [4.78, 5) is 24.1. The molecule has 0 unspecified atom stereocenters. The standard InChI is InChI=1S/C14H17FN2O4/c15-10-3-1-9(2-4-10)5-6-16-14(21)17-8-11(18)7-12(17)13(19)20/h1-4,11-12,18H,5-8H2,(H,16,21)(H,19,20)/t11-,12-/m0/s1. The zero-order valence-corrected chi connectivity index (χ0v) is 11.3. The summed E-state index contributed by atoms with van der Waals surface area (Å²) in [5.74, 6) is -1.45. The van der Waals surface area contributed by atoms with Gasteiger partial charge in [-0.1, -0.05) is 12.1 Å². The third-order valence-electron chi connectivity index (χ3n) is 3.43. The number of nitrogens with one attached hydrogen (secondary N) is 1. The highest BCUT2D eigenvalue weighted by molar-refractivity contribution is 5.83. The van der Waals surface area contributed by atoms with Crippen LogP contribution in [0.15, 0.2) is 24.3 Å². The molecule has 0 saturated carbocycles. The average molecular weight is 296 g/mol. The second kappa shape index (κ2) is 6.53. The van der Waals surface area contributed by atoms with Gasteiger partial charge in [0.25, 0.3) is 0 Å². The van der Waals surface area contributed by atoms with Crippen LogP contribution in [0, 0.1) is 5.82 Å². The molecular formula is C14H17FN2O4. The minimum absolute atomic E-state index is 0.0132. The predicted octanol–water partition coefficient (Wildman–Crippen LogP) is 0.598. The number of aliphatic hydroxyl groups excluding tert-OH is 1. The Labute approximate surface area is 121 Å². The maximum absolute atomic E-state index is 12.7. The molecular weight excluding hydrogens is 279 g/mol. The van der Waals surface area contributed by atoms with Gasteiger partial charge in [0.15, 0.2) is 0 Å². The summed E-state index contributed by atoms with van der Waals surface area (Å²) >= 11 is 0. The van der Waals surface area contributed by atoms with E-state index in [-0.39, 0.29) is 18.8 Å². The SMILES string of the molecule is O=C(O)[C@@H]1C[C@H](O)CN1C(=O)NCCc1ccc(F)cc1. The Morgan fingerprint density at radius 1 is 1.33 bits per heavy atom. The number of aliphatic carboxylic acids is 1. The van der Waals surface area contributed by atoms with Gasteiger partial charge in [0.05, 0.1) is 6.10 Å². The molecule has 114 valence electrons. The van der Waals surface area contributed by atoms with Crippen LogP contribution >= 0.6 is 0 Å². The highest BCUT2D eigenvalue weighted by atomic mass is 19.1. The topological polar surface area (TPSA) is 89.9 Å². The van der Waals surface area contributed by atoms with E-state index >= 15 is 0 Å². The highest BCUT2D eigenvalue weighted by Gasteiger charge is 2.38. The number of aliphatic hydroxyl groups is 1. The fourth-order valence-corrected chi connectivity index (χ4v) is 2.34. The van der Waals surface area contributed by atoms with E-state index in [2.05, 4.69) is 5.32 Å². The van der Waals surface area contributed by atoms with Crippen LogP contribution in [-0.4, -0.2) is 52.3 Å². The van der Waals surface area contributed by atoms with Crippen molar-refractivity contribution in [2.75, 3.05) is 13.1 Å². The third-order valence-corrected chi connectivity index (χ3v) is 3.43. The summed E-state index contributed by atoms with van der Waals surface area (Å²) in [6.07, 6.45) is -0.255. The van der Waals surface area contributed by atoms with Crippen LogP contribution in [0.1, 0.15) is 12.0 Å². The normalized spacial score (nSPS) is 21.3. The lowest BCUT2D eigenvalue weighted by Crippen LogP contribution is -2.46. The first-order valence-electron chi connectivity index (χ1n) is 6.67. The molecule has 7 heteroatoms. The summed E-state index contributed by atoms with van der Waals surface area (Å²) < 4.78 is 12.7. The fraction of sp³-hybridized carbons (Fsp3) is 0.429. The molecule has 21 heavy (non-hydrogen) atoms. The van der Waals surface area contributed by atoms with Crippen molar-refractivity contribution in [2.45, 2.75) is 25.0 Å². The van der Waals surface area contributed by atoms with Crippen LogP contribution in [0.3, 0.4) is 0 Å². The van der Waals surface area contributed by atoms with Crippen LogP contribution in [0.2, 0.25) is 0 Å². The van der Waals surface area contributed by atoms with Gasteiger partial charge in [-0.3, -0.25) is 0 Å². The summed E-state index contributed by atoms with van der Waals surface area (Å²) in [7, 11) is 0. The second-order valence-corrected chi connectivity index (χ2v) is 5.00. The van der Waals surface area contributed by atoms with Crippen molar-refractivity contribution in [3.8, 4) is 0 Å². The minimum Gasteiger partial charge on any atom is -0.480 e. The zero-order chi connectivity index (χ0) is 15.4. The van der Waals surface area contributed by atoms with E-state index in [1.165, 1.54) is 12.1 Å². The number of carbonyl (C=O) groups excluding carboxylic acids is 1. The molecule has 0 spiro atoms. The van der Waals surface area contributed by atoms with Crippen molar-refractivity contribution in [1.29, 1.82) is 0 Å². The van der Waals surface area contributed by atoms with E-state index in [1.807, 2.05) is 0 Å². The smallest absolute Gasteiger partial charge is 0.326 e. The number of β-amino-alcohol motifs (C(OH)–C–C–N with tert-alkyl or cyclic N) is 1. The first-order valence-corrected chi connectivity index (χ1v) is 6.67. The largest absolute Gasteiger partial charge is 0.480 e. The fourth-order valence-electron chi connectivity index (χ4n) is 2.34. The number of urea groups is 1. The van der Waals surface area contributed by atoms with Crippen LogP contribution in [0.4, 0.5) is 9.18 Å². The molecule has 6 nitrogen and oxygen atoms in total. The predicted molar refractivity (Wildman–Crippen MR) is 72.3 cm³/mol. The van der Waals surface area contributed by atoms with Crippen molar-refractivity contribution < 1.29 is 24.2 Å². The molecule has 1 aliphatic rings.